The molecular formula is C16H20N2O3. The van der Waals surface area contributed by atoms with E-state index in [0.717, 1.165) is 5.56 Å². The maximum Gasteiger partial charge on any atom is 0.253 e. The van der Waals surface area contributed by atoms with E-state index in [9.17, 15) is 9.59 Å². The Bertz CT molecular complexity index is 541. The quantitative estimate of drug-likeness (QED) is 0.781. The van der Waals surface area contributed by atoms with Crippen LogP contribution in [0.25, 0.3) is 0 Å². The van der Waals surface area contributed by atoms with Crippen LogP contribution in [-0.2, 0) is 4.79 Å². The molecule has 112 valence electrons. The van der Waals surface area contributed by atoms with E-state index in [2.05, 4.69) is 17.2 Å². The lowest BCUT2D eigenvalue weighted by Crippen LogP contribution is -2.31. The fraction of sp³-hybridized carbons (Fsp3) is 0.375. The van der Waals surface area contributed by atoms with Crippen LogP contribution in [0.5, 0.6) is 0 Å². The van der Waals surface area contributed by atoms with Gasteiger partial charge < -0.3 is 15.3 Å². The molecule has 2 N–H and O–H groups in total. The number of rotatable bonds is 5. The van der Waals surface area contributed by atoms with Crippen molar-refractivity contribution in [1.82, 2.24) is 10.2 Å². The highest BCUT2D eigenvalue weighted by Crippen LogP contribution is 2.07. The summed E-state index contributed by atoms with van der Waals surface area (Å²) in [5.74, 6) is 5.50. The summed E-state index contributed by atoms with van der Waals surface area (Å²) in [5, 5.41) is 11.2. The van der Waals surface area contributed by atoms with E-state index in [1.54, 1.807) is 38.4 Å². The van der Waals surface area contributed by atoms with E-state index in [0.29, 0.717) is 18.5 Å². The number of aliphatic hydroxyl groups is 1. The van der Waals surface area contributed by atoms with Crippen LogP contribution in [0.15, 0.2) is 24.3 Å². The Morgan fingerprint density at radius 2 is 1.95 bits per heavy atom. The second-order valence-electron chi connectivity index (χ2n) is 4.50. The van der Waals surface area contributed by atoms with Crippen molar-refractivity contribution < 1.29 is 14.7 Å². The number of amides is 2. The van der Waals surface area contributed by atoms with Crippen molar-refractivity contribution in [1.29, 1.82) is 0 Å². The predicted molar refractivity (Wildman–Crippen MR) is 80.7 cm³/mol. The average molecular weight is 288 g/mol. The molecular weight excluding hydrogens is 268 g/mol. The summed E-state index contributed by atoms with van der Waals surface area (Å²) >= 11 is 0. The summed E-state index contributed by atoms with van der Waals surface area (Å²) in [6.07, 6.45) is 0.715. The van der Waals surface area contributed by atoms with Gasteiger partial charge >= 0.3 is 0 Å². The molecule has 0 aromatic heterocycles. The minimum atomic E-state index is -0.131. The monoisotopic (exact) mass is 288 g/mol. The molecule has 0 atom stereocenters. The van der Waals surface area contributed by atoms with Crippen molar-refractivity contribution in [2.24, 2.45) is 0 Å². The number of carbonyl (C=O) groups excluding carboxylic acids is 2. The zero-order valence-electron chi connectivity index (χ0n) is 12.3. The fourth-order valence-corrected chi connectivity index (χ4v) is 1.63. The molecule has 0 saturated heterocycles. The number of nitrogens with zero attached hydrogens (tertiary/aromatic N) is 1. The van der Waals surface area contributed by atoms with Crippen molar-refractivity contribution in [3.63, 3.8) is 0 Å². The van der Waals surface area contributed by atoms with Gasteiger partial charge in [0.15, 0.2) is 0 Å². The average Bonchev–Trinajstić information content (AvgIpc) is 2.52. The van der Waals surface area contributed by atoms with Crippen molar-refractivity contribution in [3.8, 4) is 11.8 Å². The third kappa shape index (κ3) is 5.67. The molecule has 5 nitrogen and oxygen atoms in total. The molecule has 2 amide bonds. The minimum Gasteiger partial charge on any atom is -0.395 e. The van der Waals surface area contributed by atoms with Crippen molar-refractivity contribution >= 4 is 11.8 Å². The van der Waals surface area contributed by atoms with Crippen molar-refractivity contribution in [3.05, 3.63) is 35.4 Å². The fourth-order valence-electron chi connectivity index (χ4n) is 1.63. The van der Waals surface area contributed by atoms with Crippen LogP contribution in [-0.4, -0.2) is 49.1 Å². The highest BCUT2D eigenvalue weighted by atomic mass is 16.2. The van der Waals surface area contributed by atoms with Crippen molar-refractivity contribution in [2.45, 2.75) is 12.8 Å². The Morgan fingerprint density at radius 3 is 2.52 bits per heavy atom. The van der Waals surface area contributed by atoms with Gasteiger partial charge in [0.25, 0.3) is 5.91 Å². The maximum absolute atomic E-state index is 12.1. The van der Waals surface area contributed by atoms with E-state index >= 15 is 0 Å². The molecule has 5 heteroatoms. The lowest BCUT2D eigenvalue weighted by atomic mass is 10.1. The summed E-state index contributed by atoms with van der Waals surface area (Å²) in [5.41, 5.74) is 1.36. The predicted octanol–water partition coefficient (Wildman–Crippen LogP) is 0.629. The van der Waals surface area contributed by atoms with Gasteiger partial charge in [-0.2, -0.15) is 0 Å². The van der Waals surface area contributed by atoms with Gasteiger partial charge in [-0.05, 0) is 24.3 Å². The maximum atomic E-state index is 12.1. The van der Waals surface area contributed by atoms with Crippen LogP contribution in [0.2, 0.25) is 0 Å². The first-order valence-electron chi connectivity index (χ1n) is 6.74. The van der Waals surface area contributed by atoms with Crippen LogP contribution in [0.3, 0.4) is 0 Å². The molecule has 0 aliphatic rings. The number of aliphatic hydroxyl groups excluding tert-OH is 1. The highest BCUT2D eigenvalue weighted by molar-refractivity contribution is 5.94. The molecule has 0 heterocycles. The van der Waals surface area contributed by atoms with E-state index in [1.165, 1.54) is 4.90 Å². The third-order valence-corrected chi connectivity index (χ3v) is 2.90. The summed E-state index contributed by atoms with van der Waals surface area (Å²) in [6, 6.07) is 6.96. The zero-order chi connectivity index (χ0) is 15.7. The van der Waals surface area contributed by atoms with E-state index in [1.807, 2.05) is 0 Å². The SMILES string of the molecule is CNC(=O)CCN(C)C(=O)c1ccc(C#CCCO)cc1. The van der Waals surface area contributed by atoms with Gasteiger partial charge in [0.05, 0.1) is 6.61 Å². The van der Waals surface area contributed by atoms with Crippen LogP contribution in [0, 0.1) is 11.8 Å². The summed E-state index contributed by atoms with van der Waals surface area (Å²) in [7, 11) is 3.24. The molecule has 0 bridgehead atoms. The Labute approximate surface area is 125 Å². The Kier molecular flexibility index (Phi) is 6.99. The topological polar surface area (TPSA) is 69.6 Å². The Hall–Kier alpha value is -2.32. The Morgan fingerprint density at radius 1 is 1.29 bits per heavy atom. The molecule has 1 aromatic rings. The first kappa shape index (κ1) is 16.7. The van der Waals surface area contributed by atoms with E-state index in [-0.39, 0.29) is 24.8 Å². The first-order chi connectivity index (χ1) is 10.1. The van der Waals surface area contributed by atoms with Crippen LogP contribution < -0.4 is 5.32 Å². The largest absolute Gasteiger partial charge is 0.395 e. The lowest BCUT2D eigenvalue weighted by molar-refractivity contribution is -0.120. The van der Waals surface area contributed by atoms with Gasteiger partial charge in [-0.3, -0.25) is 9.59 Å². The molecule has 0 aliphatic carbocycles. The van der Waals surface area contributed by atoms with Crippen LogP contribution in [0.1, 0.15) is 28.8 Å². The molecule has 0 fully saturated rings. The summed E-state index contributed by atoms with van der Waals surface area (Å²) in [6.45, 7) is 0.413. The number of nitrogens with one attached hydrogen (secondary N) is 1. The minimum absolute atomic E-state index is 0.0414. The number of carbonyl (C=O) groups is 2. The van der Waals surface area contributed by atoms with Gasteiger partial charge in [-0.15, -0.1) is 0 Å². The molecule has 21 heavy (non-hydrogen) atoms. The Balaban J connectivity index is 2.62. The standard InChI is InChI=1S/C16H20N2O3/c1-17-15(20)10-11-18(2)16(21)14-8-6-13(7-9-14)5-3-4-12-19/h6-9,19H,4,10-12H2,1-2H3,(H,17,20). The van der Waals surface area contributed by atoms with Crippen molar-refractivity contribution in [2.75, 3.05) is 27.2 Å². The lowest BCUT2D eigenvalue weighted by Gasteiger charge is -2.16. The number of benzene rings is 1. The van der Waals surface area contributed by atoms with Gasteiger partial charge in [-0.1, -0.05) is 11.8 Å². The molecule has 0 radical (unpaired) electrons. The van der Waals surface area contributed by atoms with Crippen LogP contribution >= 0.6 is 0 Å². The second kappa shape index (κ2) is 8.77. The van der Waals surface area contributed by atoms with Crippen LogP contribution in [0.4, 0.5) is 0 Å². The van der Waals surface area contributed by atoms with Gasteiger partial charge in [-0.25, -0.2) is 0 Å². The highest BCUT2D eigenvalue weighted by Gasteiger charge is 2.12. The van der Waals surface area contributed by atoms with E-state index in [4.69, 9.17) is 5.11 Å². The second-order valence-corrected chi connectivity index (χ2v) is 4.50. The molecule has 0 spiro atoms. The first-order valence-corrected chi connectivity index (χ1v) is 6.74. The summed E-state index contributed by atoms with van der Waals surface area (Å²) in [4.78, 5) is 24.8. The molecule has 1 aromatic carbocycles. The molecule has 1 rings (SSSR count). The van der Waals surface area contributed by atoms with Gasteiger partial charge in [0.1, 0.15) is 0 Å². The number of hydrogen-bond acceptors (Lipinski definition) is 3. The zero-order valence-corrected chi connectivity index (χ0v) is 12.3. The summed E-state index contributed by atoms with van der Waals surface area (Å²) < 4.78 is 0. The number of hydrogen-bond donors (Lipinski definition) is 2. The normalized spacial score (nSPS) is 9.48. The molecule has 0 unspecified atom stereocenters. The molecule has 0 saturated carbocycles. The van der Waals surface area contributed by atoms with Gasteiger partial charge in [0.2, 0.25) is 5.91 Å². The van der Waals surface area contributed by atoms with Gasteiger partial charge in [0, 0.05) is 44.6 Å². The van der Waals surface area contributed by atoms with E-state index < -0.39 is 0 Å². The smallest absolute Gasteiger partial charge is 0.253 e. The third-order valence-electron chi connectivity index (χ3n) is 2.90. The molecule has 0 aliphatic heterocycles.